The minimum Gasteiger partial charge on any atom is -0.444 e. The summed E-state index contributed by atoms with van der Waals surface area (Å²) in [4.78, 5) is 44.2. The van der Waals surface area contributed by atoms with E-state index in [4.69, 9.17) is 27.9 Å². The second-order valence-corrected chi connectivity index (χ2v) is 22.1. The molecule has 4 aromatic heterocycles. The predicted octanol–water partition coefficient (Wildman–Crippen LogP) is 11.5. The number of likely N-dealkylation sites (tertiary alicyclic amines) is 1. The number of ether oxygens (including phenoxy) is 1. The van der Waals surface area contributed by atoms with Crippen LogP contribution in [0.3, 0.4) is 0 Å². The van der Waals surface area contributed by atoms with Crippen molar-refractivity contribution in [1.82, 2.24) is 55.0 Å². The number of nitrogens with zero attached hydrogens (tertiary/aromatic N) is 9. The number of aromatic nitrogens is 8. The third-order valence-electron chi connectivity index (χ3n) is 12.4. The molecule has 16 nitrogen and oxygen atoms in total. The molecule has 0 spiro atoms. The fraction of sp³-hybridized carbons (Fsp3) is 0.472. The molecule has 388 valence electrons. The molecule has 4 N–H and O–H groups in total. The molecule has 6 aromatic rings. The number of alkyl carbamates (subject to hydrolysis) is 1. The van der Waals surface area contributed by atoms with Gasteiger partial charge in [-0.05, 0) is 111 Å². The zero-order chi connectivity index (χ0) is 51.5. The van der Waals surface area contributed by atoms with Crippen LogP contribution < -0.4 is 21.3 Å². The molecule has 6 heterocycles. The van der Waals surface area contributed by atoms with Crippen LogP contribution in [0.1, 0.15) is 92.7 Å². The van der Waals surface area contributed by atoms with Crippen molar-refractivity contribution in [3.05, 3.63) is 107 Å². The Kier molecular flexibility index (Phi) is 20.0. The van der Waals surface area contributed by atoms with E-state index in [1.54, 1.807) is 40.2 Å². The Labute approximate surface area is 441 Å². The third kappa shape index (κ3) is 17.5. The van der Waals surface area contributed by atoms with Crippen molar-refractivity contribution in [2.45, 2.75) is 100 Å². The van der Waals surface area contributed by atoms with Crippen LogP contribution in [-0.2, 0) is 36.6 Å². The monoisotopic (exact) mass is 1040 g/mol. The van der Waals surface area contributed by atoms with E-state index in [2.05, 4.69) is 92.9 Å². The number of hydrogen-bond donors (Lipinski definition) is 4. The van der Waals surface area contributed by atoms with E-state index in [9.17, 15) is 9.59 Å². The quantitative estimate of drug-likeness (QED) is 0.0965. The molecule has 2 aliphatic rings. The molecule has 0 saturated carbocycles. The molecule has 0 bridgehead atoms. The van der Waals surface area contributed by atoms with Gasteiger partial charge in [-0.1, -0.05) is 89.0 Å². The van der Waals surface area contributed by atoms with E-state index < -0.39 is 11.7 Å². The molecule has 0 aliphatic carbocycles. The Morgan fingerprint density at radius 2 is 1.26 bits per heavy atom. The number of halogens is 3. The number of anilines is 4. The van der Waals surface area contributed by atoms with Crippen LogP contribution >= 0.6 is 35.6 Å². The normalized spacial score (nSPS) is 15.6. The highest BCUT2D eigenvalue weighted by molar-refractivity contribution is 6.32. The average Bonchev–Trinajstić information content (AvgIpc) is 4.15. The van der Waals surface area contributed by atoms with Crippen molar-refractivity contribution in [3.63, 3.8) is 0 Å². The highest BCUT2D eigenvalue weighted by Gasteiger charge is 2.33. The summed E-state index contributed by atoms with van der Waals surface area (Å²) in [7, 11) is 3.69. The lowest BCUT2D eigenvalue weighted by atomic mass is 9.80. The lowest BCUT2D eigenvalue weighted by molar-refractivity contribution is -0.130. The summed E-state index contributed by atoms with van der Waals surface area (Å²) in [6.07, 6.45) is 13.6. The van der Waals surface area contributed by atoms with Crippen LogP contribution in [0.2, 0.25) is 10.0 Å². The molecule has 0 radical (unpaired) electrons. The van der Waals surface area contributed by atoms with Crippen molar-refractivity contribution in [1.29, 1.82) is 0 Å². The number of rotatable bonds is 11. The van der Waals surface area contributed by atoms with Gasteiger partial charge in [-0.25, -0.2) is 24.7 Å². The Morgan fingerprint density at radius 1 is 0.736 bits per heavy atom. The van der Waals surface area contributed by atoms with E-state index in [-0.39, 0.29) is 30.3 Å². The summed E-state index contributed by atoms with van der Waals surface area (Å²) in [6.45, 7) is 23.6. The Balaban J connectivity index is 0.000000226. The van der Waals surface area contributed by atoms with Crippen molar-refractivity contribution < 1.29 is 14.3 Å². The van der Waals surface area contributed by atoms with Gasteiger partial charge in [0.25, 0.3) is 0 Å². The molecular weight excluding hydrogens is 973 g/mol. The maximum atomic E-state index is 12.7. The van der Waals surface area contributed by atoms with Crippen molar-refractivity contribution in [3.8, 4) is 22.5 Å². The Bertz CT molecular complexity index is 2720. The first kappa shape index (κ1) is 57.1. The van der Waals surface area contributed by atoms with E-state index in [1.165, 1.54) is 19.5 Å². The summed E-state index contributed by atoms with van der Waals surface area (Å²) in [5.74, 6) is 2.63. The summed E-state index contributed by atoms with van der Waals surface area (Å²) in [5, 5.41) is 21.8. The number of amides is 2. The second-order valence-electron chi connectivity index (χ2n) is 21.3. The molecule has 19 heteroatoms. The molecule has 2 atom stereocenters. The first-order valence-electron chi connectivity index (χ1n) is 24.2. The summed E-state index contributed by atoms with van der Waals surface area (Å²) in [5.41, 5.74) is 6.81. The van der Waals surface area contributed by atoms with Crippen LogP contribution in [-0.4, -0.2) is 88.2 Å². The Morgan fingerprint density at radius 3 is 1.68 bits per heavy atom. The predicted molar refractivity (Wildman–Crippen MR) is 291 cm³/mol. The minimum absolute atomic E-state index is 0. The van der Waals surface area contributed by atoms with E-state index in [0.29, 0.717) is 46.1 Å². The zero-order valence-corrected chi connectivity index (χ0v) is 45.8. The molecule has 2 amide bonds. The maximum absolute atomic E-state index is 12.7. The van der Waals surface area contributed by atoms with Crippen LogP contribution in [0.15, 0.2) is 85.7 Å². The van der Waals surface area contributed by atoms with Gasteiger partial charge >= 0.3 is 6.09 Å². The van der Waals surface area contributed by atoms with E-state index >= 15 is 0 Å². The van der Waals surface area contributed by atoms with Gasteiger partial charge in [0, 0.05) is 86.1 Å². The highest BCUT2D eigenvalue weighted by Crippen LogP contribution is 2.35. The number of hydrogen-bond acceptors (Lipinski definition) is 12. The summed E-state index contributed by atoms with van der Waals surface area (Å²) >= 11 is 13.0. The van der Waals surface area contributed by atoms with Crippen LogP contribution in [0.4, 0.5) is 28.1 Å². The summed E-state index contributed by atoms with van der Waals surface area (Å²) in [6, 6.07) is 15.1. The van der Waals surface area contributed by atoms with E-state index in [1.807, 2.05) is 94.6 Å². The smallest absolute Gasteiger partial charge is 0.407 e. The number of carbonyl (C=O) groups is 2. The number of aryl methyl sites for hydroxylation is 3. The average molecular weight is 1050 g/mol. The van der Waals surface area contributed by atoms with Crippen molar-refractivity contribution >= 4 is 70.9 Å². The lowest BCUT2D eigenvalue weighted by Gasteiger charge is -2.27. The van der Waals surface area contributed by atoms with Crippen molar-refractivity contribution in [2.24, 2.45) is 36.8 Å². The molecule has 2 aliphatic heterocycles. The SMILES string of the molecule is CC(C)(C)C1CCNC1.Cl.Cn1cc(Nc2nccc(-c3ccc(CCC(=O)N4CCC(C(C)(C)C)C4)c(Cl)c3)n2)cn1.Cn1cc(Nc2nccc(-c3ccc(CNC(=O)OC(C)(C)C)c(Cl)c3)n2)cn1. The van der Waals surface area contributed by atoms with Crippen molar-refractivity contribution in [2.75, 3.05) is 36.8 Å². The summed E-state index contributed by atoms with van der Waals surface area (Å²) < 4.78 is 8.63. The molecule has 2 saturated heterocycles. The van der Waals surface area contributed by atoms with Crippen LogP contribution in [0, 0.1) is 22.7 Å². The number of carbonyl (C=O) groups excluding carboxylic acids is 2. The first-order chi connectivity index (χ1) is 33.5. The largest absolute Gasteiger partial charge is 0.444 e. The van der Waals surface area contributed by atoms with Gasteiger partial charge in [0.2, 0.25) is 17.8 Å². The zero-order valence-electron chi connectivity index (χ0n) is 43.5. The number of benzene rings is 2. The van der Waals surface area contributed by atoms with Gasteiger partial charge in [-0.15, -0.1) is 12.4 Å². The fourth-order valence-electron chi connectivity index (χ4n) is 8.12. The Hall–Kier alpha value is -5.81. The standard InChI is InChI=1S/C25H31ClN6O.C20H23ClN6O2.C8H17N.ClH/c1-25(2,3)19-10-12-32(15-19)23(33)8-7-17-5-6-18(13-21(17)26)22-9-11-27-24(30-22)29-20-14-28-31(4)16-20;1-20(2,3)29-19(28)23-10-14-6-5-13(9-16(14)21)17-7-8-22-18(26-17)25-15-11-24-27(4)12-15;1-8(2,3)7-4-5-9-6-7;/h5-6,9,11,13-14,16,19H,7-8,10,12,15H2,1-4H3,(H,27,29,30);5-9,11-12H,10H2,1-4H3,(H,23,28)(H,22,25,26);7,9H,4-6H2,1-3H3;1H. The molecule has 8 rings (SSSR count). The highest BCUT2D eigenvalue weighted by atomic mass is 35.5. The van der Waals surface area contributed by atoms with Crippen LogP contribution in [0.5, 0.6) is 0 Å². The molecule has 2 fully saturated rings. The van der Waals surface area contributed by atoms with Gasteiger partial charge in [0.1, 0.15) is 5.60 Å². The molecular formula is C53H72Cl3N13O3. The van der Waals surface area contributed by atoms with Gasteiger partial charge in [0.15, 0.2) is 0 Å². The maximum Gasteiger partial charge on any atom is 0.407 e. The molecule has 2 aromatic carbocycles. The lowest BCUT2D eigenvalue weighted by Crippen LogP contribution is -2.32. The first-order valence-corrected chi connectivity index (χ1v) is 24.9. The molecule has 2 unspecified atom stereocenters. The number of nitrogens with one attached hydrogen (secondary N) is 4. The minimum atomic E-state index is -0.549. The van der Waals surface area contributed by atoms with Gasteiger partial charge in [0.05, 0.1) is 35.2 Å². The van der Waals surface area contributed by atoms with Gasteiger partial charge in [-0.3, -0.25) is 14.2 Å². The second kappa shape index (κ2) is 25.2. The van der Waals surface area contributed by atoms with E-state index in [0.717, 1.165) is 70.4 Å². The fourth-order valence-corrected chi connectivity index (χ4v) is 8.64. The molecule has 72 heavy (non-hydrogen) atoms. The van der Waals surface area contributed by atoms with Crippen LogP contribution in [0.25, 0.3) is 22.5 Å². The van der Waals surface area contributed by atoms with Gasteiger partial charge < -0.3 is 30.9 Å². The topological polar surface area (TPSA) is 182 Å². The van der Waals surface area contributed by atoms with Gasteiger partial charge in [-0.2, -0.15) is 10.2 Å². The third-order valence-corrected chi connectivity index (χ3v) is 13.1.